The summed E-state index contributed by atoms with van der Waals surface area (Å²) in [6.07, 6.45) is 2.41. The summed E-state index contributed by atoms with van der Waals surface area (Å²) in [6, 6.07) is 7.02. The summed E-state index contributed by atoms with van der Waals surface area (Å²) >= 11 is 0. The zero-order valence-electron chi connectivity index (χ0n) is 13.3. The normalized spacial score (nSPS) is 20.1. The number of nitrogens with one attached hydrogen (secondary N) is 1. The molecule has 1 saturated heterocycles. The monoisotopic (exact) mass is 276 g/mol. The number of nitrogens with zero attached hydrogens (tertiary/aromatic N) is 1. The molecule has 1 heterocycles. The molecular weight excluding hydrogens is 248 g/mol. The Balaban J connectivity index is 2.19. The molecule has 112 valence electrons. The van der Waals surface area contributed by atoms with Gasteiger partial charge in [-0.3, -0.25) is 0 Å². The maximum atomic E-state index is 5.55. The molecule has 1 atom stereocenters. The number of hydrogen-bond donors (Lipinski definition) is 1. The number of benzene rings is 1. The molecule has 3 heteroatoms. The van der Waals surface area contributed by atoms with Crippen molar-refractivity contribution in [1.29, 1.82) is 0 Å². The summed E-state index contributed by atoms with van der Waals surface area (Å²) in [5.74, 6) is 1.72. The lowest BCUT2D eigenvalue weighted by atomic mass is 10.0. The molecule has 1 aliphatic heterocycles. The highest BCUT2D eigenvalue weighted by atomic mass is 16.5. The van der Waals surface area contributed by atoms with Crippen LogP contribution in [0.3, 0.4) is 0 Å². The van der Waals surface area contributed by atoms with Crippen molar-refractivity contribution in [2.24, 2.45) is 5.92 Å². The smallest absolute Gasteiger partial charge is 0.142 e. The van der Waals surface area contributed by atoms with Gasteiger partial charge in [-0.1, -0.05) is 19.9 Å². The van der Waals surface area contributed by atoms with Crippen LogP contribution in [-0.4, -0.2) is 32.8 Å². The van der Waals surface area contributed by atoms with Gasteiger partial charge in [0.15, 0.2) is 0 Å². The SMILES string of the molecule is COc1ccc(C)cc1N1CCCNC(CC(C)C)C1. The molecule has 1 aliphatic rings. The molecule has 1 unspecified atom stereocenters. The van der Waals surface area contributed by atoms with E-state index in [0.717, 1.165) is 31.3 Å². The van der Waals surface area contributed by atoms with E-state index in [1.54, 1.807) is 7.11 Å². The van der Waals surface area contributed by atoms with Crippen LogP contribution in [0.5, 0.6) is 5.75 Å². The second-order valence-corrected chi connectivity index (χ2v) is 6.26. The fourth-order valence-electron chi connectivity index (χ4n) is 2.99. The molecule has 0 amide bonds. The molecule has 20 heavy (non-hydrogen) atoms. The Hall–Kier alpha value is -1.22. The third kappa shape index (κ3) is 3.89. The summed E-state index contributed by atoms with van der Waals surface area (Å²) in [6.45, 7) is 10.0. The molecule has 2 rings (SSSR count). The third-order valence-corrected chi connectivity index (χ3v) is 3.91. The molecule has 0 spiro atoms. The highest BCUT2D eigenvalue weighted by molar-refractivity contribution is 5.60. The first kappa shape index (κ1) is 15.2. The molecular formula is C17H28N2O. The first-order valence-electron chi connectivity index (χ1n) is 7.73. The first-order valence-corrected chi connectivity index (χ1v) is 7.73. The molecule has 1 aromatic carbocycles. The standard InChI is InChI=1S/C17H28N2O/c1-13(2)10-15-12-19(9-5-8-18-15)16-11-14(3)6-7-17(16)20-4/h6-7,11,13,15,18H,5,8-10,12H2,1-4H3. The minimum absolute atomic E-state index is 0.572. The van der Waals surface area contributed by atoms with Gasteiger partial charge >= 0.3 is 0 Å². The Morgan fingerprint density at radius 2 is 2.20 bits per heavy atom. The van der Waals surface area contributed by atoms with Crippen LogP contribution >= 0.6 is 0 Å². The van der Waals surface area contributed by atoms with Gasteiger partial charge in [0.2, 0.25) is 0 Å². The summed E-state index contributed by atoms with van der Waals surface area (Å²) in [4.78, 5) is 2.48. The van der Waals surface area contributed by atoms with Crippen molar-refractivity contribution in [3.8, 4) is 5.75 Å². The van der Waals surface area contributed by atoms with E-state index in [-0.39, 0.29) is 0 Å². The van der Waals surface area contributed by atoms with E-state index in [4.69, 9.17) is 4.74 Å². The van der Waals surface area contributed by atoms with Crippen molar-refractivity contribution in [2.75, 3.05) is 31.6 Å². The average molecular weight is 276 g/mol. The molecule has 0 aromatic heterocycles. The van der Waals surface area contributed by atoms with E-state index in [0.29, 0.717) is 6.04 Å². The quantitative estimate of drug-likeness (QED) is 0.914. The summed E-state index contributed by atoms with van der Waals surface area (Å²) in [7, 11) is 1.76. The second kappa shape index (κ2) is 6.98. The van der Waals surface area contributed by atoms with E-state index in [1.807, 2.05) is 0 Å². The minimum Gasteiger partial charge on any atom is -0.495 e. The predicted octanol–water partition coefficient (Wildman–Crippen LogP) is 3.22. The Morgan fingerprint density at radius 1 is 1.40 bits per heavy atom. The molecule has 0 saturated carbocycles. The summed E-state index contributed by atoms with van der Waals surface area (Å²) < 4.78 is 5.55. The summed E-state index contributed by atoms with van der Waals surface area (Å²) in [5, 5.41) is 3.68. The molecule has 3 nitrogen and oxygen atoms in total. The fourth-order valence-corrected chi connectivity index (χ4v) is 2.99. The molecule has 1 aromatic rings. The van der Waals surface area contributed by atoms with Gasteiger partial charge in [0.1, 0.15) is 5.75 Å². The zero-order valence-corrected chi connectivity index (χ0v) is 13.3. The minimum atomic E-state index is 0.572. The van der Waals surface area contributed by atoms with E-state index < -0.39 is 0 Å². The van der Waals surface area contributed by atoms with Gasteiger partial charge in [-0.05, 0) is 49.9 Å². The van der Waals surface area contributed by atoms with Gasteiger partial charge in [-0.15, -0.1) is 0 Å². The Morgan fingerprint density at radius 3 is 2.90 bits per heavy atom. The lowest BCUT2D eigenvalue weighted by Gasteiger charge is -2.29. The molecule has 0 aliphatic carbocycles. The second-order valence-electron chi connectivity index (χ2n) is 6.26. The fraction of sp³-hybridized carbons (Fsp3) is 0.647. The maximum absolute atomic E-state index is 5.55. The number of ether oxygens (including phenoxy) is 1. The van der Waals surface area contributed by atoms with Crippen molar-refractivity contribution in [3.63, 3.8) is 0 Å². The van der Waals surface area contributed by atoms with E-state index in [9.17, 15) is 0 Å². The number of anilines is 1. The number of aryl methyl sites for hydroxylation is 1. The number of methoxy groups -OCH3 is 1. The zero-order chi connectivity index (χ0) is 14.5. The van der Waals surface area contributed by atoms with Crippen LogP contribution in [0.4, 0.5) is 5.69 Å². The molecule has 0 bridgehead atoms. The van der Waals surface area contributed by atoms with Crippen molar-refractivity contribution in [2.45, 2.75) is 39.7 Å². The van der Waals surface area contributed by atoms with Gasteiger partial charge in [-0.2, -0.15) is 0 Å². The van der Waals surface area contributed by atoms with Crippen molar-refractivity contribution < 1.29 is 4.74 Å². The lowest BCUT2D eigenvalue weighted by Crippen LogP contribution is -2.38. The number of rotatable bonds is 4. The van der Waals surface area contributed by atoms with Gasteiger partial charge in [0.25, 0.3) is 0 Å². The van der Waals surface area contributed by atoms with Crippen molar-refractivity contribution in [3.05, 3.63) is 23.8 Å². The Bertz CT molecular complexity index is 431. The molecule has 0 radical (unpaired) electrons. The van der Waals surface area contributed by atoms with Gasteiger partial charge < -0.3 is 15.0 Å². The average Bonchev–Trinajstić information content (AvgIpc) is 2.63. The molecule has 1 fully saturated rings. The number of hydrogen-bond acceptors (Lipinski definition) is 3. The van der Waals surface area contributed by atoms with Crippen LogP contribution in [0, 0.1) is 12.8 Å². The van der Waals surface area contributed by atoms with Crippen LogP contribution in [-0.2, 0) is 0 Å². The Labute approximate surface area is 123 Å². The van der Waals surface area contributed by atoms with Gasteiger partial charge in [0.05, 0.1) is 12.8 Å². The van der Waals surface area contributed by atoms with E-state index >= 15 is 0 Å². The highest BCUT2D eigenvalue weighted by Gasteiger charge is 2.21. The third-order valence-electron chi connectivity index (χ3n) is 3.91. The van der Waals surface area contributed by atoms with Crippen LogP contribution in [0.2, 0.25) is 0 Å². The van der Waals surface area contributed by atoms with Gasteiger partial charge in [-0.25, -0.2) is 0 Å². The molecule has 1 N–H and O–H groups in total. The summed E-state index contributed by atoms with van der Waals surface area (Å²) in [5.41, 5.74) is 2.53. The first-order chi connectivity index (χ1) is 9.60. The van der Waals surface area contributed by atoms with Crippen LogP contribution in [0.25, 0.3) is 0 Å². The maximum Gasteiger partial charge on any atom is 0.142 e. The van der Waals surface area contributed by atoms with E-state index in [1.165, 1.54) is 24.1 Å². The van der Waals surface area contributed by atoms with Crippen LogP contribution in [0.15, 0.2) is 18.2 Å². The predicted molar refractivity (Wildman–Crippen MR) is 85.8 cm³/mol. The lowest BCUT2D eigenvalue weighted by molar-refractivity contribution is 0.411. The largest absolute Gasteiger partial charge is 0.495 e. The Kier molecular flexibility index (Phi) is 5.30. The van der Waals surface area contributed by atoms with Gasteiger partial charge in [0, 0.05) is 19.1 Å². The van der Waals surface area contributed by atoms with Crippen LogP contribution in [0.1, 0.15) is 32.3 Å². The van der Waals surface area contributed by atoms with Crippen molar-refractivity contribution >= 4 is 5.69 Å². The van der Waals surface area contributed by atoms with Crippen molar-refractivity contribution in [1.82, 2.24) is 5.32 Å². The van der Waals surface area contributed by atoms with E-state index in [2.05, 4.69) is 49.2 Å². The highest BCUT2D eigenvalue weighted by Crippen LogP contribution is 2.30. The topological polar surface area (TPSA) is 24.5 Å². The van der Waals surface area contributed by atoms with Crippen LogP contribution < -0.4 is 15.0 Å².